The van der Waals surface area contributed by atoms with Gasteiger partial charge in [0.2, 0.25) is 0 Å². The van der Waals surface area contributed by atoms with Gasteiger partial charge < -0.3 is 10.1 Å². The Bertz CT molecular complexity index is 178. The van der Waals surface area contributed by atoms with Gasteiger partial charge in [0.15, 0.2) is 0 Å². The normalized spacial score (nSPS) is 22.0. The van der Waals surface area contributed by atoms with Crippen LogP contribution in [-0.4, -0.2) is 25.8 Å². The topological polar surface area (TPSA) is 21.3 Å². The molecule has 0 radical (unpaired) electrons. The Morgan fingerprint density at radius 2 is 1.89 bits per heavy atom. The van der Waals surface area contributed by atoms with Crippen LogP contribution < -0.4 is 5.32 Å². The van der Waals surface area contributed by atoms with Crippen molar-refractivity contribution in [1.82, 2.24) is 5.32 Å². The molecule has 0 aliphatic carbocycles. The molecular weight excluding hydrogens is 222 g/mol. The van der Waals surface area contributed by atoms with Gasteiger partial charge in [-0.2, -0.15) is 0 Å². The number of unbranched alkanes of at least 4 members (excludes halogenated alkanes) is 5. The lowest BCUT2D eigenvalue weighted by Crippen LogP contribution is -2.40. The molecule has 108 valence electrons. The van der Waals surface area contributed by atoms with Crippen molar-refractivity contribution >= 4 is 0 Å². The lowest BCUT2D eigenvalue weighted by molar-refractivity contribution is 0.0378. The van der Waals surface area contributed by atoms with Crippen LogP contribution in [0, 0.1) is 5.92 Å². The number of hydrogen-bond donors (Lipinski definition) is 1. The monoisotopic (exact) mass is 255 g/mol. The van der Waals surface area contributed by atoms with Crippen LogP contribution in [0.1, 0.15) is 71.6 Å². The van der Waals surface area contributed by atoms with E-state index in [1.165, 1.54) is 57.8 Å². The summed E-state index contributed by atoms with van der Waals surface area (Å²) in [6, 6.07) is 0.696. The standard InChI is InChI=1S/C16H33NO/c1-3-5-6-7-8-9-12-16(17-4-2)15-11-10-13-18-14-15/h15-17H,3-14H2,1-2H3. The van der Waals surface area contributed by atoms with Crippen LogP contribution >= 0.6 is 0 Å². The van der Waals surface area contributed by atoms with Crippen LogP contribution in [0.4, 0.5) is 0 Å². The molecule has 0 spiro atoms. The molecule has 2 unspecified atom stereocenters. The minimum atomic E-state index is 0.696. The van der Waals surface area contributed by atoms with Crippen LogP contribution in [0.5, 0.6) is 0 Å². The van der Waals surface area contributed by atoms with Crippen molar-refractivity contribution < 1.29 is 4.74 Å². The second-order valence-electron chi connectivity index (χ2n) is 5.70. The third kappa shape index (κ3) is 6.75. The Labute approximate surface area is 114 Å². The molecule has 2 heteroatoms. The van der Waals surface area contributed by atoms with Gasteiger partial charge in [-0.15, -0.1) is 0 Å². The van der Waals surface area contributed by atoms with Gasteiger partial charge in [0, 0.05) is 12.6 Å². The second-order valence-corrected chi connectivity index (χ2v) is 5.70. The van der Waals surface area contributed by atoms with Crippen LogP contribution in [0.25, 0.3) is 0 Å². The van der Waals surface area contributed by atoms with Gasteiger partial charge in [0.1, 0.15) is 0 Å². The van der Waals surface area contributed by atoms with Crippen LogP contribution in [0.3, 0.4) is 0 Å². The molecule has 1 saturated heterocycles. The summed E-state index contributed by atoms with van der Waals surface area (Å²) in [7, 11) is 0. The fraction of sp³-hybridized carbons (Fsp3) is 1.00. The first-order valence-corrected chi connectivity index (χ1v) is 8.19. The Morgan fingerprint density at radius 1 is 1.11 bits per heavy atom. The van der Waals surface area contributed by atoms with Gasteiger partial charge in [0.25, 0.3) is 0 Å². The summed E-state index contributed by atoms with van der Waals surface area (Å²) in [5.74, 6) is 0.759. The van der Waals surface area contributed by atoms with E-state index in [4.69, 9.17) is 4.74 Å². The zero-order valence-electron chi connectivity index (χ0n) is 12.5. The van der Waals surface area contributed by atoms with Gasteiger partial charge in [0.05, 0.1) is 6.61 Å². The maximum Gasteiger partial charge on any atom is 0.0509 e. The molecule has 1 aliphatic rings. The number of ether oxygens (including phenoxy) is 1. The highest BCUT2D eigenvalue weighted by Crippen LogP contribution is 2.21. The highest BCUT2D eigenvalue weighted by atomic mass is 16.5. The van der Waals surface area contributed by atoms with Gasteiger partial charge in [-0.05, 0) is 31.7 Å². The van der Waals surface area contributed by atoms with E-state index in [1.807, 2.05) is 0 Å². The van der Waals surface area contributed by atoms with Crippen molar-refractivity contribution in [3.8, 4) is 0 Å². The van der Waals surface area contributed by atoms with E-state index in [0.29, 0.717) is 6.04 Å². The van der Waals surface area contributed by atoms with Crippen molar-refractivity contribution in [3.63, 3.8) is 0 Å². The molecule has 1 N–H and O–H groups in total. The van der Waals surface area contributed by atoms with Crippen molar-refractivity contribution in [2.45, 2.75) is 77.7 Å². The van der Waals surface area contributed by atoms with Crippen molar-refractivity contribution in [1.29, 1.82) is 0 Å². The lowest BCUT2D eigenvalue weighted by Gasteiger charge is -2.31. The summed E-state index contributed by atoms with van der Waals surface area (Å²) in [6.07, 6.45) is 12.4. The van der Waals surface area contributed by atoms with E-state index in [2.05, 4.69) is 19.2 Å². The van der Waals surface area contributed by atoms with Crippen LogP contribution in [0.2, 0.25) is 0 Å². The molecule has 0 amide bonds. The molecule has 1 heterocycles. The van der Waals surface area contributed by atoms with E-state index < -0.39 is 0 Å². The zero-order valence-corrected chi connectivity index (χ0v) is 12.5. The van der Waals surface area contributed by atoms with E-state index >= 15 is 0 Å². The molecule has 0 saturated carbocycles. The van der Waals surface area contributed by atoms with E-state index in [-0.39, 0.29) is 0 Å². The molecule has 2 nitrogen and oxygen atoms in total. The first-order chi connectivity index (χ1) is 8.88. The van der Waals surface area contributed by atoms with Gasteiger partial charge in [-0.1, -0.05) is 52.4 Å². The zero-order chi connectivity index (χ0) is 13.1. The van der Waals surface area contributed by atoms with Crippen molar-refractivity contribution in [3.05, 3.63) is 0 Å². The molecule has 0 aromatic carbocycles. The maximum atomic E-state index is 5.63. The Balaban J connectivity index is 2.12. The molecule has 0 aromatic heterocycles. The summed E-state index contributed by atoms with van der Waals surface area (Å²) in [5.41, 5.74) is 0. The van der Waals surface area contributed by atoms with Gasteiger partial charge in [-0.3, -0.25) is 0 Å². The Hall–Kier alpha value is -0.0800. The molecule has 1 aliphatic heterocycles. The summed E-state index contributed by atoms with van der Waals surface area (Å²) >= 11 is 0. The summed E-state index contributed by atoms with van der Waals surface area (Å²) in [5, 5.41) is 3.67. The largest absolute Gasteiger partial charge is 0.381 e. The summed E-state index contributed by atoms with van der Waals surface area (Å²) < 4.78 is 5.63. The van der Waals surface area contributed by atoms with Crippen LogP contribution in [0.15, 0.2) is 0 Å². The predicted molar refractivity (Wildman–Crippen MR) is 79.0 cm³/mol. The third-order valence-electron chi connectivity index (χ3n) is 4.10. The molecule has 2 atom stereocenters. The fourth-order valence-corrected chi connectivity index (χ4v) is 2.99. The molecule has 18 heavy (non-hydrogen) atoms. The highest BCUT2D eigenvalue weighted by molar-refractivity contribution is 4.78. The lowest BCUT2D eigenvalue weighted by atomic mass is 9.90. The minimum Gasteiger partial charge on any atom is -0.381 e. The molecular formula is C16H33NO. The minimum absolute atomic E-state index is 0.696. The number of nitrogens with one attached hydrogen (secondary N) is 1. The Kier molecular flexibility index (Phi) is 9.59. The second kappa shape index (κ2) is 10.8. The number of hydrogen-bond acceptors (Lipinski definition) is 2. The highest BCUT2D eigenvalue weighted by Gasteiger charge is 2.22. The van der Waals surface area contributed by atoms with E-state index in [9.17, 15) is 0 Å². The van der Waals surface area contributed by atoms with Gasteiger partial charge in [-0.25, -0.2) is 0 Å². The summed E-state index contributed by atoms with van der Waals surface area (Å²) in [6.45, 7) is 7.55. The SMILES string of the molecule is CCCCCCCCC(NCC)C1CCCOC1. The molecule has 0 aromatic rings. The smallest absolute Gasteiger partial charge is 0.0509 e. The maximum absolute atomic E-state index is 5.63. The summed E-state index contributed by atoms with van der Waals surface area (Å²) in [4.78, 5) is 0. The molecule has 1 fully saturated rings. The number of rotatable bonds is 10. The van der Waals surface area contributed by atoms with Crippen molar-refractivity contribution in [2.24, 2.45) is 5.92 Å². The predicted octanol–water partition coefficient (Wildman–Crippen LogP) is 4.14. The first kappa shape index (κ1) is 16.0. The van der Waals surface area contributed by atoms with E-state index in [0.717, 1.165) is 25.7 Å². The Morgan fingerprint density at radius 3 is 2.56 bits per heavy atom. The van der Waals surface area contributed by atoms with Gasteiger partial charge >= 0.3 is 0 Å². The quantitative estimate of drug-likeness (QED) is 0.592. The first-order valence-electron chi connectivity index (χ1n) is 8.19. The average Bonchev–Trinajstić information content (AvgIpc) is 2.42. The third-order valence-corrected chi connectivity index (χ3v) is 4.10. The molecule has 1 rings (SSSR count). The van der Waals surface area contributed by atoms with E-state index in [1.54, 1.807) is 0 Å². The van der Waals surface area contributed by atoms with Crippen LogP contribution in [-0.2, 0) is 4.74 Å². The van der Waals surface area contributed by atoms with Crippen molar-refractivity contribution in [2.75, 3.05) is 19.8 Å². The molecule has 0 bridgehead atoms. The average molecular weight is 255 g/mol. The fourth-order valence-electron chi connectivity index (χ4n) is 2.99.